The lowest BCUT2D eigenvalue weighted by atomic mass is 9.98. The highest BCUT2D eigenvalue weighted by molar-refractivity contribution is 7.21. The Morgan fingerprint density at radius 1 is 0.535 bits per heavy atom. The zero-order chi connectivity index (χ0) is 74.1. The molecule has 8 aliphatic rings. The number of aliphatic hydroxyl groups is 7. The lowest BCUT2D eigenvalue weighted by Gasteiger charge is -2.16. The molecule has 1 aromatic carbocycles. The summed E-state index contributed by atoms with van der Waals surface area (Å²) in [7, 11) is 1.49. The number of para-hydroxylation sites is 1. The van der Waals surface area contributed by atoms with Crippen molar-refractivity contribution in [3.8, 4) is 10.6 Å². The second-order valence-corrected chi connectivity index (χ2v) is 28.7. The third-order valence-corrected chi connectivity index (χ3v) is 22.6. The number of rotatable bonds is 30. The van der Waals surface area contributed by atoms with Crippen LogP contribution in [0, 0.1) is 80.3 Å². The number of carbonyl (C=O) groups excluding carboxylic acids is 8. The number of hydrogen-bond donors (Lipinski definition) is 10. The molecule has 0 saturated heterocycles. The van der Waals surface area contributed by atoms with Crippen LogP contribution in [0.1, 0.15) is 159 Å². The minimum absolute atomic E-state index is 0.0174. The number of nitrogens with zero attached hydrogens (tertiary/aromatic N) is 3. The molecule has 8 saturated carbocycles. The van der Waals surface area contributed by atoms with Crippen LogP contribution in [0.15, 0.2) is 24.3 Å². The molecule has 2 aromatic heterocycles. The van der Waals surface area contributed by atoms with Crippen LogP contribution in [0.2, 0.25) is 0 Å². The Hall–Kier alpha value is -6.01. The highest BCUT2D eigenvalue weighted by Crippen LogP contribution is 2.58. The molecule has 0 bridgehead atoms. The summed E-state index contributed by atoms with van der Waals surface area (Å²) in [5, 5.41) is 71.0. The number of benzene rings is 1. The van der Waals surface area contributed by atoms with Crippen molar-refractivity contribution in [2.24, 2.45) is 79.1 Å². The second-order valence-electron chi connectivity index (χ2n) is 27.7. The summed E-state index contributed by atoms with van der Waals surface area (Å²) in [4.78, 5) is 105. The van der Waals surface area contributed by atoms with Crippen molar-refractivity contribution in [2.45, 2.75) is 172 Å². The first kappa shape index (κ1) is 83.6. The van der Waals surface area contributed by atoms with Gasteiger partial charge in [-0.15, -0.1) is 11.3 Å². The number of fused-ring (bicyclic) bond motifs is 1. The van der Waals surface area contributed by atoms with E-state index >= 15 is 0 Å². The fourth-order valence-corrected chi connectivity index (χ4v) is 14.3. The minimum atomic E-state index is -1.02. The first-order valence-electron chi connectivity index (χ1n) is 35.0. The molecule has 4 unspecified atom stereocenters. The van der Waals surface area contributed by atoms with Crippen LogP contribution in [0.3, 0.4) is 0 Å². The smallest absolute Gasteiger partial charge is 0.322 e. The minimum Gasteiger partial charge on any atom is -0.465 e. The van der Waals surface area contributed by atoms with Gasteiger partial charge in [-0.05, 0) is 162 Å². The van der Waals surface area contributed by atoms with Crippen molar-refractivity contribution in [1.29, 1.82) is 0 Å². The number of carbonyl (C=O) groups is 8. The molecule has 3 aromatic rings. The van der Waals surface area contributed by atoms with Crippen LogP contribution in [-0.4, -0.2) is 203 Å². The second kappa shape index (κ2) is 36.2. The highest BCUT2D eigenvalue weighted by Gasteiger charge is 2.67. The first-order chi connectivity index (χ1) is 47.1. The van der Waals surface area contributed by atoms with Crippen LogP contribution < -0.4 is 16.4 Å². The average molecular weight is 1410 g/mol. The average Bonchev–Trinajstić information content (AvgIpc) is 1.62. The number of anilines is 2. The number of Topliss-reactive ketones (excluding diaryl/α,β-unsaturated/α-hetero) is 4. The maximum atomic E-state index is 11.5. The molecule has 0 aliphatic heterocycles. The zero-order valence-electron chi connectivity index (χ0n) is 60.4. The van der Waals surface area contributed by atoms with Gasteiger partial charge in [0, 0.05) is 54.9 Å². The van der Waals surface area contributed by atoms with Gasteiger partial charge in [-0.1, -0.05) is 52.2 Å². The topological polar surface area (TPSA) is 413 Å². The number of ether oxygens (including phenoxy) is 5. The van der Waals surface area contributed by atoms with Crippen LogP contribution in [0.25, 0.3) is 20.8 Å². The van der Waals surface area contributed by atoms with E-state index < -0.39 is 39.0 Å². The quantitative estimate of drug-likeness (QED) is 0.0203. The third-order valence-electron chi connectivity index (χ3n) is 21.5. The van der Waals surface area contributed by atoms with Crippen molar-refractivity contribution in [1.82, 2.24) is 15.0 Å². The fraction of sp³-hybridized carbons (Fsp3) is 0.736. The largest absolute Gasteiger partial charge is 0.465 e. The van der Waals surface area contributed by atoms with Gasteiger partial charge in [0.2, 0.25) is 5.95 Å². The van der Waals surface area contributed by atoms with Crippen molar-refractivity contribution in [2.75, 3.05) is 104 Å². The number of aromatic nitrogens is 3. The number of nitrogens with two attached hydrogens (primary N) is 1. The van der Waals surface area contributed by atoms with Crippen LogP contribution in [0.5, 0.6) is 0 Å². The van der Waals surface area contributed by atoms with Gasteiger partial charge >= 0.3 is 23.9 Å². The molecule has 11 rings (SSSR count). The van der Waals surface area contributed by atoms with Gasteiger partial charge in [0.15, 0.2) is 5.41 Å². The van der Waals surface area contributed by atoms with E-state index in [-0.39, 0.29) is 129 Å². The molecule has 8 aliphatic carbocycles. The molecule has 0 radical (unpaired) electrons. The Morgan fingerprint density at radius 3 is 1.27 bits per heavy atom. The molecule has 0 amide bonds. The number of nitrogens with one attached hydrogen (secondary N) is 2. The van der Waals surface area contributed by atoms with Gasteiger partial charge in [-0.2, -0.15) is 4.98 Å². The van der Waals surface area contributed by atoms with Crippen LogP contribution in [-0.2, 0) is 62.0 Å². The van der Waals surface area contributed by atoms with Crippen LogP contribution >= 0.6 is 11.3 Å². The SMILES string of the molecule is CCOC(=O)C1(C(C)=O)C[C@H]1CC.CCOC(=O)C1(C(C)=O)C[C@H]1CC.CCOC(=O)C1(C(C)=O)C[C@H]1CO.CCOC(=O)C1(C(C)=O)C[C@H]1OC.CC[C@@H]1CC1(CO)CO.Cc1nc(NCC2CC2)nc(N[C@@H]2CC2(CO)CO)c1-c1nc2ccccc2s1.NC[C@@H]1CC1(CO)CO. The Kier molecular flexibility index (Phi) is 30.6. The van der Waals surface area contributed by atoms with E-state index in [1.54, 1.807) is 39.0 Å². The number of methoxy groups -OCH3 is 1. The number of thiazole rings is 1. The predicted octanol–water partition coefficient (Wildman–Crippen LogP) is 6.15. The van der Waals surface area contributed by atoms with Gasteiger partial charge in [0.05, 0.1) is 93.6 Å². The monoisotopic (exact) mass is 1410 g/mol. The lowest BCUT2D eigenvalue weighted by molar-refractivity contribution is -0.156. The van der Waals surface area contributed by atoms with E-state index in [0.29, 0.717) is 82.1 Å². The zero-order valence-corrected chi connectivity index (χ0v) is 61.2. The Labute approximate surface area is 586 Å². The molecule has 26 nitrogen and oxygen atoms in total. The number of aliphatic hydroxyl groups excluding tert-OH is 7. The molecule has 27 heteroatoms. The normalized spacial score (nSPS) is 27.7. The summed E-state index contributed by atoms with van der Waals surface area (Å²) in [6, 6.07) is 8.05. The molecule has 0 spiro atoms. The summed E-state index contributed by atoms with van der Waals surface area (Å²) in [5.41, 5.74) is 3.70. The molecule has 99 heavy (non-hydrogen) atoms. The van der Waals surface area contributed by atoms with Gasteiger partial charge in [0.1, 0.15) is 50.2 Å². The Balaban J connectivity index is 0.000000219. The van der Waals surface area contributed by atoms with E-state index in [9.17, 15) is 48.6 Å². The maximum Gasteiger partial charge on any atom is 0.322 e. The number of aryl methyl sites for hydroxylation is 1. The number of hydrogen-bond acceptors (Lipinski definition) is 27. The molecular formula is C72H112N6O20S. The predicted molar refractivity (Wildman–Crippen MR) is 370 cm³/mol. The molecule has 556 valence electrons. The van der Waals surface area contributed by atoms with Gasteiger partial charge in [0.25, 0.3) is 0 Å². The molecule has 2 heterocycles. The van der Waals surface area contributed by atoms with Crippen molar-refractivity contribution in [3.63, 3.8) is 0 Å². The van der Waals surface area contributed by atoms with Gasteiger partial charge < -0.3 is 75.8 Å². The summed E-state index contributed by atoms with van der Waals surface area (Å²) < 4.78 is 25.5. The summed E-state index contributed by atoms with van der Waals surface area (Å²) in [6.07, 6.45) is 9.92. The number of ketones is 4. The van der Waals surface area contributed by atoms with Crippen molar-refractivity contribution < 1.29 is 97.8 Å². The molecular weight excluding hydrogens is 1300 g/mol. The molecule has 11 atom stereocenters. The van der Waals surface area contributed by atoms with E-state index in [1.807, 2.05) is 39.0 Å². The van der Waals surface area contributed by atoms with E-state index in [0.717, 1.165) is 71.0 Å². The van der Waals surface area contributed by atoms with Crippen LogP contribution in [0.4, 0.5) is 11.8 Å². The Morgan fingerprint density at radius 2 is 0.960 bits per heavy atom. The van der Waals surface area contributed by atoms with Crippen molar-refractivity contribution in [3.05, 3.63) is 30.0 Å². The van der Waals surface area contributed by atoms with Crippen molar-refractivity contribution >= 4 is 80.3 Å². The van der Waals surface area contributed by atoms with E-state index in [4.69, 9.17) is 69.9 Å². The van der Waals surface area contributed by atoms with E-state index in [2.05, 4.69) is 23.6 Å². The molecule has 11 N–H and O–H groups in total. The number of esters is 4. The summed E-state index contributed by atoms with van der Waals surface area (Å²) >= 11 is 1.62. The van der Waals surface area contributed by atoms with Gasteiger partial charge in [-0.3, -0.25) is 38.4 Å². The highest BCUT2D eigenvalue weighted by atomic mass is 32.1. The third kappa shape index (κ3) is 19.0. The Bertz CT molecular complexity index is 2980. The fourth-order valence-electron chi connectivity index (χ4n) is 13.3. The first-order valence-corrected chi connectivity index (χ1v) is 35.8. The summed E-state index contributed by atoms with van der Waals surface area (Å²) in [5.74, 6) is 1.12. The van der Waals surface area contributed by atoms with E-state index in [1.165, 1.54) is 47.6 Å². The summed E-state index contributed by atoms with van der Waals surface area (Å²) in [6.45, 7) is 23.7. The van der Waals surface area contributed by atoms with Gasteiger partial charge in [-0.25, -0.2) is 9.97 Å². The standard InChI is InChI=1S/C21H25N5O2S.2C10H16O3.2C9H14O4.C7H14O2.C6H13NO2/c1-12-17(19-24-14-4-2-3-5-15(14)29-19)18(25-16-8-21(16,10-27)11-28)26-20(23-12)22-9-13-6-7-13;2*1-4-8-6-10(8,7(3)11)9(12)13-5-2;1-4-13-8(11)9(6(2)10)5-7(9)12-3;1-3-13-8(12)9(6(2)11)4-7(9)5-10;1-2-6-3-7(6,4-8)5-9;7-2-5-1-6(5,3-8)4-9/h2-5,13,16,27-28H,6-11H2,1H3,(H2,22,23,25,26);2*8H,4-6H2,1-3H3;7H,4-5H2,1-3H3;7,10H,3-5H2,1-2H3;6,8-9H,2-5H2,1H3;5,8-9H,1-4,7H2/t16-;2*8-,10?;2*7-,9?;6-;5-/m1111010/s1. The molecule has 8 fully saturated rings. The maximum absolute atomic E-state index is 11.5. The lowest BCUT2D eigenvalue weighted by Crippen LogP contribution is -2.30.